The fourth-order valence-corrected chi connectivity index (χ4v) is 1.66. The minimum atomic E-state index is 0.0887. The molecule has 0 fully saturated rings. The van der Waals surface area contributed by atoms with Crippen molar-refractivity contribution in [1.29, 1.82) is 0 Å². The zero-order valence-corrected chi connectivity index (χ0v) is 8.53. The number of ketones is 1. The first kappa shape index (κ1) is 8.94. The van der Waals surface area contributed by atoms with Gasteiger partial charge in [-0.3, -0.25) is 9.48 Å². The summed E-state index contributed by atoms with van der Waals surface area (Å²) in [6.07, 6.45) is 0. The predicted octanol–water partition coefficient (Wildman–Crippen LogP) is 2.08. The molecule has 0 N–H and O–H groups in total. The van der Waals surface area contributed by atoms with Crippen molar-refractivity contribution in [2.24, 2.45) is 7.05 Å². The standard InChI is InChI=1S/C11H12N2O/c1-7-10-5-4-9(8(2)14)6-11(10)13(3)12-7/h4-6H,1-3H3. The average molecular weight is 188 g/mol. The normalized spacial score (nSPS) is 10.8. The van der Waals surface area contributed by atoms with Crippen LogP contribution in [0.2, 0.25) is 0 Å². The predicted molar refractivity (Wildman–Crippen MR) is 55.5 cm³/mol. The summed E-state index contributed by atoms with van der Waals surface area (Å²) in [5.41, 5.74) is 2.74. The van der Waals surface area contributed by atoms with Crippen LogP contribution in [-0.4, -0.2) is 15.6 Å². The van der Waals surface area contributed by atoms with Crippen molar-refractivity contribution < 1.29 is 4.79 Å². The van der Waals surface area contributed by atoms with Crippen LogP contribution in [0.4, 0.5) is 0 Å². The molecule has 0 radical (unpaired) electrons. The van der Waals surface area contributed by atoms with Gasteiger partial charge in [-0.1, -0.05) is 12.1 Å². The Kier molecular flexibility index (Phi) is 1.88. The van der Waals surface area contributed by atoms with Crippen LogP contribution in [-0.2, 0) is 7.05 Å². The van der Waals surface area contributed by atoms with Crippen molar-refractivity contribution in [3.8, 4) is 0 Å². The third-order valence-electron chi connectivity index (χ3n) is 2.44. The van der Waals surface area contributed by atoms with Crippen molar-refractivity contribution in [1.82, 2.24) is 9.78 Å². The molecule has 1 aromatic heterocycles. The Bertz CT molecular complexity index is 511. The highest BCUT2D eigenvalue weighted by Crippen LogP contribution is 2.18. The Morgan fingerprint density at radius 1 is 1.43 bits per heavy atom. The van der Waals surface area contributed by atoms with E-state index in [0.717, 1.165) is 22.2 Å². The molecule has 0 aliphatic carbocycles. The molecule has 0 aliphatic heterocycles. The summed E-state index contributed by atoms with van der Waals surface area (Å²) in [6.45, 7) is 3.54. The summed E-state index contributed by atoms with van der Waals surface area (Å²) < 4.78 is 1.80. The lowest BCUT2D eigenvalue weighted by atomic mass is 10.1. The van der Waals surface area contributed by atoms with Gasteiger partial charge in [-0.05, 0) is 19.9 Å². The van der Waals surface area contributed by atoms with Crippen molar-refractivity contribution in [2.45, 2.75) is 13.8 Å². The smallest absolute Gasteiger partial charge is 0.159 e. The van der Waals surface area contributed by atoms with Gasteiger partial charge < -0.3 is 0 Å². The van der Waals surface area contributed by atoms with Crippen LogP contribution in [0.3, 0.4) is 0 Å². The van der Waals surface area contributed by atoms with Crippen molar-refractivity contribution >= 4 is 16.7 Å². The fourth-order valence-electron chi connectivity index (χ4n) is 1.66. The van der Waals surface area contributed by atoms with E-state index in [-0.39, 0.29) is 5.78 Å². The summed E-state index contributed by atoms with van der Waals surface area (Å²) in [5.74, 6) is 0.0887. The minimum Gasteiger partial charge on any atom is -0.295 e. The van der Waals surface area contributed by atoms with Crippen molar-refractivity contribution in [3.63, 3.8) is 0 Å². The maximum absolute atomic E-state index is 11.2. The molecule has 0 saturated heterocycles. The van der Waals surface area contributed by atoms with E-state index in [2.05, 4.69) is 5.10 Å². The first-order valence-corrected chi connectivity index (χ1v) is 4.54. The van der Waals surface area contributed by atoms with E-state index in [0.29, 0.717) is 0 Å². The number of Topliss-reactive ketones (excluding diaryl/α,β-unsaturated/α-hetero) is 1. The molecule has 72 valence electrons. The molecule has 0 saturated carbocycles. The molecule has 3 nitrogen and oxygen atoms in total. The molecule has 0 aliphatic rings. The van der Waals surface area contributed by atoms with Gasteiger partial charge in [0, 0.05) is 18.0 Å². The first-order valence-electron chi connectivity index (χ1n) is 4.54. The zero-order valence-electron chi connectivity index (χ0n) is 8.53. The molecule has 0 unspecified atom stereocenters. The summed E-state index contributed by atoms with van der Waals surface area (Å²) in [6, 6.07) is 5.69. The van der Waals surface area contributed by atoms with E-state index in [1.54, 1.807) is 11.6 Å². The third kappa shape index (κ3) is 1.21. The van der Waals surface area contributed by atoms with E-state index < -0.39 is 0 Å². The van der Waals surface area contributed by atoms with Crippen LogP contribution in [0, 0.1) is 6.92 Å². The number of carbonyl (C=O) groups is 1. The van der Waals surface area contributed by atoms with Gasteiger partial charge in [0.1, 0.15) is 0 Å². The Morgan fingerprint density at radius 3 is 2.79 bits per heavy atom. The Morgan fingerprint density at radius 2 is 2.14 bits per heavy atom. The van der Waals surface area contributed by atoms with Gasteiger partial charge in [-0.25, -0.2) is 0 Å². The van der Waals surface area contributed by atoms with E-state index >= 15 is 0 Å². The molecule has 14 heavy (non-hydrogen) atoms. The van der Waals surface area contributed by atoms with Gasteiger partial charge in [0.25, 0.3) is 0 Å². The summed E-state index contributed by atoms with van der Waals surface area (Å²) in [7, 11) is 1.89. The number of nitrogens with zero attached hydrogens (tertiary/aromatic N) is 2. The Hall–Kier alpha value is -1.64. The topological polar surface area (TPSA) is 34.9 Å². The molecule has 0 spiro atoms. The highest BCUT2D eigenvalue weighted by Gasteiger charge is 2.06. The number of aromatic nitrogens is 2. The van der Waals surface area contributed by atoms with Crippen LogP contribution in [0.25, 0.3) is 10.9 Å². The minimum absolute atomic E-state index is 0.0887. The molecule has 0 amide bonds. The monoisotopic (exact) mass is 188 g/mol. The lowest BCUT2D eigenvalue weighted by molar-refractivity contribution is 0.101. The van der Waals surface area contributed by atoms with Crippen molar-refractivity contribution in [2.75, 3.05) is 0 Å². The number of benzene rings is 1. The van der Waals surface area contributed by atoms with Gasteiger partial charge in [-0.2, -0.15) is 5.10 Å². The number of aryl methyl sites for hydroxylation is 2. The van der Waals surface area contributed by atoms with Gasteiger partial charge >= 0.3 is 0 Å². The SMILES string of the molecule is CC(=O)c1ccc2c(C)nn(C)c2c1. The molecular formula is C11H12N2O. The summed E-state index contributed by atoms with van der Waals surface area (Å²) in [4.78, 5) is 11.2. The third-order valence-corrected chi connectivity index (χ3v) is 2.44. The number of hydrogen-bond acceptors (Lipinski definition) is 2. The van der Waals surface area contributed by atoms with Crippen molar-refractivity contribution in [3.05, 3.63) is 29.5 Å². The number of hydrogen-bond donors (Lipinski definition) is 0. The average Bonchev–Trinajstić information content (AvgIpc) is 2.42. The Labute approximate surface area is 82.3 Å². The van der Waals surface area contributed by atoms with Gasteiger partial charge in [0.05, 0.1) is 11.2 Å². The molecule has 1 aromatic carbocycles. The maximum Gasteiger partial charge on any atom is 0.159 e. The Balaban J connectivity index is 2.77. The molecule has 1 heterocycles. The second-order valence-electron chi connectivity index (χ2n) is 3.50. The second-order valence-corrected chi connectivity index (χ2v) is 3.50. The van der Waals surface area contributed by atoms with E-state index in [9.17, 15) is 4.79 Å². The molecule has 0 atom stereocenters. The zero-order chi connectivity index (χ0) is 10.3. The lowest BCUT2D eigenvalue weighted by Gasteiger charge is -1.97. The van der Waals surface area contributed by atoms with E-state index in [1.807, 2.05) is 32.2 Å². The quantitative estimate of drug-likeness (QED) is 0.642. The van der Waals surface area contributed by atoms with Gasteiger partial charge in [0.2, 0.25) is 0 Å². The van der Waals surface area contributed by atoms with Crippen LogP contribution >= 0.6 is 0 Å². The highest BCUT2D eigenvalue weighted by molar-refractivity contribution is 5.98. The lowest BCUT2D eigenvalue weighted by Crippen LogP contribution is -1.93. The molecule has 3 heteroatoms. The number of fused-ring (bicyclic) bond motifs is 1. The molecule has 0 bridgehead atoms. The number of carbonyl (C=O) groups excluding carboxylic acids is 1. The van der Waals surface area contributed by atoms with Crippen LogP contribution in [0.5, 0.6) is 0 Å². The van der Waals surface area contributed by atoms with Gasteiger partial charge in [0.15, 0.2) is 5.78 Å². The molecule has 2 rings (SSSR count). The first-order chi connectivity index (χ1) is 6.59. The molecular weight excluding hydrogens is 176 g/mol. The van der Waals surface area contributed by atoms with Crippen LogP contribution in [0.1, 0.15) is 23.0 Å². The highest BCUT2D eigenvalue weighted by atomic mass is 16.1. The van der Waals surface area contributed by atoms with Crippen LogP contribution in [0.15, 0.2) is 18.2 Å². The fraction of sp³-hybridized carbons (Fsp3) is 0.273. The van der Waals surface area contributed by atoms with E-state index in [1.165, 1.54) is 0 Å². The summed E-state index contributed by atoms with van der Waals surface area (Å²) in [5, 5.41) is 5.40. The maximum atomic E-state index is 11.2. The summed E-state index contributed by atoms with van der Waals surface area (Å²) >= 11 is 0. The number of rotatable bonds is 1. The largest absolute Gasteiger partial charge is 0.295 e. The van der Waals surface area contributed by atoms with E-state index in [4.69, 9.17) is 0 Å². The van der Waals surface area contributed by atoms with Gasteiger partial charge in [-0.15, -0.1) is 0 Å². The van der Waals surface area contributed by atoms with Crippen LogP contribution < -0.4 is 0 Å². The second kappa shape index (κ2) is 2.94. The molecule has 2 aromatic rings.